The van der Waals surface area contributed by atoms with Crippen molar-refractivity contribution in [1.29, 1.82) is 0 Å². The van der Waals surface area contributed by atoms with Gasteiger partial charge in [0.15, 0.2) is 0 Å². The van der Waals surface area contributed by atoms with E-state index in [0.717, 1.165) is 20.0 Å². The quantitative estimate of drug-likeness (QED) is 0.439. The molecule has 1 N–H and O–H groups in total. The molecular weight excluding hydrogens is 253 g/mol. The van der Waals surface area contributed by atoms with Crippen molar-refractivity contribution >= 4 is 38.3 Å². The highest BCUT2D eigenvalue weighted by atomic mass is 79.9. The molecule has 1 aromatic heterocycles. The zero-order valence-electron chi connectivity index (χ0n) is 6.54. The van der Waals surface area contributed by atoms with E-state index < -0.39 is 0 Å². The molecule has 0 spiro atoms. The Morgan fingerprint density at radius 3 is 2.85 bits per heavy atom. The average molecular weight is 260 g/mol. The highest BCUT2D eigenvalue weighted by Crippen LogP contribution is 2.23. The Labute approximate surface area is 88.5 Å². The number of hydrogen-bond donors (Lipinski definition) is 1. The van der Waals surface area contributed by atoms with Gasteiger partial charge in [-0.25, -0.2) is 0 Å². The van der Waals surface area contributed by atoms with Gasteiger partial charge < -0.3 is 0 Å². The predicted octanol–water partition coefficient (Wildman–Crippen LogP) is 2.78. The van der Waals surface area contributed by atoms with E-state index in [2.05, 4.69) is 15.9 Å². The number of rotatable bonds is 0. The van der Waals surface area contributed by atoms with E-state index in [1.807, 2.05) is 18.2 Å². The monoisotopic (exact) mass is 258 g/mol. The van der Waals surface area contributed by atoms with Crippen LogP contribution >= 0.6 is 27.5 Å². The summed E-state index contributed by atoms with van der Waals surface area (Å²) < 4.78 is 1.84. The molecule has 0 saturated carbocycles. The molecule has 66 valence electrons. The molecule has 2 aromatic rings. The van der Waals surface area contributed by atoms with Crippen LogP contribution in [0.15, 0.2) is 34.9 Å². The predicted molar refractivity (Wildman–Crippen MR) is 54.0 cm³/mol. The Morgan fingerprint density at radius 1 is 1.31 bits per heavy atom. The van der Waals surface area contributed by atoms with Crippen molar-refractivity contribution in [2.24, 2.45) is 0 Å². The summed E-state index contributed by atoms with van der Waals surface area (Å²) in [5, 5.41) is 11.4. The molecule has 2 rings (SSSR count). The summed E-state index contributed by atoms with van der Waals surface area (Å²) in [6.07, 6.45) is 1.51. The van der Waals surface area contributed by atoms with Gasteiger partial charge in [-0.3, -0.25) is 5.21 Å². The third-order valence-corrected chi connectivity index (χ3v) is 2.70. The van der Waals surface area contributed by atoms with Crippen LogP contribution in [0.1, 0.15) is 0 Å². The minimum absolute atomic E-state index is 0.318. The molecule has 1 aromatic carbocycles. The fourth-order valence-electron chi connectivity index (χ4n) is 1.19. The summed E-state index contributed by atoms with van der Waals surface area (Å²) in [7, 11) is 0. The van der Waals surface area contributed by atoms with E-state index in [9.17, 15) is 5.21 Å². The van der Waals surface area contributed by atoms with Crippen LogP contribution in [0.5, 0.6) is 0 Å². The van der Waals surface area contributed by atoms with Crippen LogP contribution < -0.4 is 4.73 Å². The number of aromatic nitrogens is 1. The topological polar surface area (TPSA) is 24.1 Å². The SMILES string of the molecule is O[n+]1ccc2ccc(Br)cc2c1Cl. The Morgan fingerprint density at radius 2 is 2.08 bits per heavy atom. The standard InChI is InChI=1S/C9H6BrClNO/c10-7-2-1-6-3-4-12(13)9(11)8(6)5-7/h1-5,13H/q+1. The van der Waals surface area contributed by atoms with Crippen LogP contribution in [0.4, 0.5) is 0 Å². The molecule has 0 aliphatic carbocycles. The van der Waals surface area contributed by atoms with Crippen molar-refractivity contribution < 1.29 is 9.94 Å². The fraction of sp³-hybridized carbons (Fsp3) is 0. The van der Waals surface area contributed by atoms with E-state index in [4.69, 9.17) is 11.6 Å². The molecule has 0 aliphatic rings. The summed E-state index contributed by atoms with van der Waals surface area (Å²) in [6.45, 7) is 0. The molecule has 2 nitrogen and oxygen atoms in total. The minimum Gasteiger partial charge on any atom is -0.284 e. The van der Waals surface area contributed by atoms with Gasteiger partial charge in [-0.2, -0.15) is 0 Å². The first-order valence-electron chi connectivity index (χ1n) is 3.67. The van der Waals surface area contributed by atoms with Gasteiger partial charge >= 0.3 is 5.15 Å². The second kappa shape index (κ2) is 3.16. The van der Waals surface area contributed by atoms with E-state index in [0.29, 0.717) is 5.15 Å². The van der Waals surface area contributed by atoms with Crippen molar-refractivity contribution in [3.63, 3.8) is 0 Å². The zero-order valence-corrected chi connectivity index (χ0v) is 8.88. The van der Waals surface area contributed by atoms with Gasteiger partial charge in [-0.15, -0.1) is 0 Å². The van der Waals surface area contributed by atoms with Crippen molar-refractivity contribution in [3.05, 3.63) is 40.1 Å². The molecule has 0 fully saturated rings. The van der Waals surface area contributed by atoms with Crippen LogP contribution in [0, 0.1) is 0 Å². The lowest BCUT2D eigenvalue weighted by atomic mass is 10.2. The van der Waals surface area contributed by atoms with E-state index in [1.54, 1.807) is 6.07 Å². The molecule has 0 unspecified atom stereocenters. The lowest BCUT2D eigenvalue weighted by molar-refractivity contribution is -0.902. The summed E-state index contributed by atoms with van der Waals surface area (Å²) in [4.78, 5) is 0. The van der Waals surface area contributed by atoms with Gasteiger partial charge in [0.05, 0.1) is 5.39 Å². The van der Waals surface area contributed by atoms with Gasteiger partial charge in [0, 0.05) is 15.3 Å². The number of halogens is 2. The van der Waals surface area contributed by atoms with Crippen molar-refractivity contribution in [1.82, 2.24) is 0 Å². The number of hydrogen-bond acceptors (Lipinski definition) is 1. The van der Waals surface area contributed by atoms with Crippen LogP contribution in [0.2, 0.25) is 5.15 Å². The molecule has 0 saturated heterocycles. The summed E-state index contributed by atoms with van der Waals surface area (Å²) in [5.41, 5.74) is 0. The molecule has 4 heteroatoms. The maximum Gasteiger partial charge on any atom is 0.332 e. The van der Waals surface area contributed by atoms with E-state index in [1.165, 1.54) is 6.20 Å². The zero-order chi connectivity index (χ0) is 9.42. The smallest absolute Gasteiger partial charge is 0.284 e. The van der Waals surface area contributed by atoms with Gasteiger partial charge in [-0.05, 0) is 29.1 Å². The lowest BCUT2D eigenvalue weighted by Crippen LogP contribution is -2.30. The molecule has 0 bridgehead atoms. The van der Waals surface area contributed by atoms with Gasteiger partial charge in [0.2, 0.25) is 6.20 Å². The first-order valence-corrected chi connectivity index (χ1v) is 4.84. The number of fused-ring (bicyclic) bond motifs is 1. The molecule has 0 aliphatic heterocycles. The lowest BCUT2D eigenvalue weighted by Gasteiger charge is -1.96. The van der Waals surface area contributed by atoms with Gasteiger partial charge in [-0.1, -0.05) is 22.0 Å². The Balaban J connectivity index is 2.89. The molecule has 0 radical (unpaired) electrons. The van der Waals surface area contributed by atoms with E-state index >= 15 is 0 Å². The summed E-state index contributed by atoms with van der Waals surface area (Å²) in [6, 6.07) is 7.53. The highest BCUT2D eigenvalue weighted by Gasteiger charge is 2.11. The van der Waals surface area contributed by atoms with Crippen LogP contribution in [0.3, 0.4) is 0 Å². The van der Waals surface area contributed by atoms with Gasteiger partial charge in [0.25, 0.3) is 0 Å². The molecule has 13 heavy (non-hydrogen) atoms. The minimum atomic E-state index is 0.318. The maximum absolute atomic E-state index is 9.28. The summed E-state index contributed by atoms with van der Waals surface area (Å²) >= 11 is 9.23. The number of benzene rings is 1. The first-order chi connectivity index (χ1) is 6.18. The van der Waals surface area contributed by atoms with Crippen LogP contribution in [-0.4, -0.2) is 5.21 Å². The molecular formula is C9H6BrClNO+. The average Bonchev–Trinajstić information content (AvgIpc) is 2.12. The largest absolute Gasteiger partial charge is 0.332 e. The van der Waals surface area contributed by atoms with Crippen molar-refractivity contribution in [2.75, 3.05) is 0 Å². The Kier molecular flexibility index (Phi) is 2.14. The molecule has 0 atom stereocenters. The Hall–Kier alpha value is -0.800. The number of pyridine rings is 1. The normalized spacial score (nSPS) is 10.6. The molecule has 1 heterocycles. The third-order valence-electron chi connectivity index (χ3n) is 1.83. The fourth-order valence-corrected chi connectivity index (χ4v) is 1.77. The molecule has 0 amide bonds. The second-order valence-corrected chi connectivity index (χ2v) is 3.96. The van der Waals surface area contributed by atoms with Crippen LogP contribution in [-0.2, 0) is 0 Å². The second-order valence-electron chi connectivity index (χ2n) is 2.68. The van der Waals surface area contributed by atoms with E-state index in [-0.39, 0.29) is 0 Å². The maximum atomic E-state index is 9.28. The highest BCUT2D eigenvalue weighted by molar-refractivity contribution is 9.10. The third kappa shape index (κ3) is 1.49. The van der Waals surface area contributed by atoms with Gasteiger partial charge in [0.1, 0.15) is 0 Å². The van der Waals surface area contributed by atoms with Crippen molar-refractivity contribution in [3.8, 4) is 0 Å². The Bertz CT molecular complexity index is 467. The first kappa shape index (κ1) is 8.78. The number of nitrogens with zero attached hydrogens (tertiary/aromatic N) is 1. The van der Waals surface area contributed by atoms with Crippen molar-refractivity contribution in [2.45, 2.75) is 0 Å². The summed E-state index contributed by atoms with van der Waals surface area (Å²) in [5.74, 6) is 0. The van der Waals surface area contributed by atoms with Crippen LogP contribution in [0.25, 0.3) is 10.8 Å².